The van der Waals surface area contributed by atoms with Crippen molar-refractivity contribution in [3.63, 3.8) is 0 Å². The molecule has 0 spiro atoms. The molecule has 0 saturated heterocycles. The Bertz CT molecular complexity index is 1350. The van der Waals surface area contributed by atoms with Gasteiger partial charge >= 0.3 is 0 Å². The zero-order chi connectivity index (χ0) is 24.6. The van der Waals surface area contributed by atoms with Crippen LogP contribution in [0.2, 0.25) is 0 Å². The van der Waals surface area contributed by atoms with Crippen molar-refractivity contribution in [2.24, 2.45) is 10.9 Å². The maximum Gasteiger partial charge on any atom is 0.242 e. The Morgan fingerprint density at radius 2 is 1.61 bits per heavy atom. The third kappa shape index (κ3) is 4.06. The lowest BCUT2D eigenvalue weighted by molar-refractivity contribution is -0.129. The number of amides is 2. The number of nitrogens with zero attached hydrogens (tertiary/aromatic N) is 3. The molecule has 0 N–H and O–H groups in total. The minimum absolute atomic E-state index is 0.0616. The predicted molar refractivity (Wildman–Crippen MR) is 149 cm³/mol. The van der Waals surface area contributed by atoms with Crippen LogP contribution in [0.15, 0.2) is 95.5 Å². The molecule has 3 aromatic rings. The van der Waals surface area contributed by atoms with Gasteiger partial charge in [-0.3, -0.25) is 19.4 Å². The van der Waals surface area contributed by atoms with E-state index < -0.39 is 0 Å². The number of hydrogen-bond acceptors (Lipinski definition) is 5. The first-order valence-corrected chi connectivity index (χ1v) is 13.9. The molecule has 6 rings (SSSR count). The molecular formula is C29H25N3O2S2. The maximum atomic E-state index is 13.5. The molecule has 7 heteroatoms. The average molecular weight is 512 g/mol. The first-order chi connectivity index (χ1) is 17.6. The first-order valence-electron chi connectivity index (χ1n) is 12.0. The lowest BCUT2D eigenvalue weighted by Gasteiger charge is -2.31. The number of para-hydroxylation sites is 2. The van der Waals surface area contributed by atoms with Gasteiger partial charge < -0.3 is 0 Å². The summed E-state index contributed by atoms with van der Waals surface area (Å²) in [4.78, 5) is 36.5. The van der Waals surface area contributed by atoms with E-state index in [2.05, 4.69) is 24.3 Å². The molecule has 2 amide bonds. The highest BCUT2D eigenvalue weighted by atomic mass is 32.2. The minimum Gasteiger partial charge on any atom is -0.294 e. The van der Waals surface area contributed by atoms with Gasteiger partial charge in [-0.2, -0.15) is 0 Å². The molecule has 5 nitrogen and oxygen atoms in total. The van der Waals surface area contributed by atoms with Crippen LogP contribution in [-0.2, 0) is 16.0 Å². The van der Waals surface area contributed by atoms with E-state index >= 15 is 0 Å². The zero-order valence-electron chi connectivity index (χ0n) is 19.8. The average Bonchev–Trinajstić information content (AvgIpc) is 3.30. The summed E-state index contributed by atoms with van der Waals surface area (Å²) in [6, 6.07) is 27.8. The normalized spacial score (nSPS) is 20.4. The van der Waals surface area contributed by atoms with Crippen molar-refractivity contribution in [1.82, 2.24) is 4.90 Å². The lowest BCUT2D eigenvalue weighted by Crippen LogP contribution is -2.45. The fraction of sp³-hybridized carbons (Fsp3) is 0.207. The van der Waals surface area contributed by atoms with Gasteiger partial charge in [-0.05, 0) is 53.8 Å². The number of carbonyl (C=O) groups is 2. The Morgan fingerprint density at radius 1 is 0.972 bits per heavy atom. The quantitative estimate of drug-likeness (QED) is 0.434. The Balaban J connectivity index is 1.23. The van der Waals surface area contributed by atoms with E-state index in [0.717, 1.165) is 24.2 Å². The number of benzene rings is 3. The van der Waals surface area contributed by atoms with E-state index in [1.54, 1.807) is 28.6 Å². The highest BCUT2D eigenvalue weighted by Crippen LogP contribution is 2.54. The Hall–Kier alpha value is -3.29. The van der Waals surface area contributed by atoms with E-state index in [-0.39, 0.29) is 28.9 Å². The van der Waals surface area contributed by atoms with Gasteiger partial charge in [-0.1, -0.05) is 84.2 Å². The van der Waals surface area contributed by atoms with Crippen LogP contribution in [0.25, 0.3) is 4.91 Å². The van der Waals surface area contributed by atoms with Crippen molar-refractivity contribution in [2.75, 3.05) is 17.7 Å². The molecule has 0 unspecified atom stereocenters. The Morgan fingerprint density at radius 3 is 2.31 bits per heavy atom. The summed E-state index contributed by atoms with van der Waals surface area (Å²) in [6.07, 6.45) is 1.87. The number of rotatable bonds is 4. The van der Waals surface area contributed by atoms with Crippen LogP contribution in [0.1, 0.15) is 17.5 Å². The molecule has 2 heterocycles. The molecular weight excluding hydrogens is 486 g/mol. The molecule has 3 aromatic carbocycles. The molecule has 3 aliphatic rings. The van der Waals surface area contributed by atoms with Gasteiger partial charge in [0.1, 0.15) is 5.37 Å². The lowest BCUT2D eigenvalue weighted by atomic mass is 9.84. The summed E-state index contributed by atoms with van der Waals surface area (Å²) in [6.45, 7) is 0. The smallest absolute Gasteiger partial charge is 0.242 e. The predicted octanol–water partition coefficient (Wildman–Crippen LogP) is 5.96. The van der Waals surface area contributed by atoms with E-state index in [9.17, 15) is 9.59 Å². The largest absolute Gasteiger partial charge is 0.294 e. The van der Waals surface area contributed by atoms with E-state index in [1.807, 2.05) is 60.7 Å². The number of thioether (sulfide) groups is 2. The van der Waals surface area contributed by atoms with Crippen molar-refractivity contribution in [2.45, 2.75) is 18.2 Å². The first kappa shape index (κ1) is 23.1. The Labute approximate surface area is 219 Å². The SMILES string of the molecule is CN1C(=O)[C@H]2C3=C(S[C@H]2N=C1SCC(=O)N(c1ccccc1)c1ccccc1)c1ccccc1CC3. The molecule has 1 aliphatic carbocycles. The molecule has 2 atom stereocenters. The number of aliphatic imine (C=N–C) groups is 1. The summed E-state index contributed by atoms with van der Waals surface area (Å²) in [5.74, 6) is -0.0232. The Kier molecular flexibility index (Phi) is 6.19. The second-order valence-corrected chi connectivity index (χ2v) is 11.1. The molecule has 180 valence electrons. The number of carbonyl (C=O) groups excluding carboxylic acids is 2. The summed E-state index contributed by atoms with van der Waals surface area (Å²) >= 11 is 3.04. The van der Waals surface area contributed by atoms with Gasteiger partial charge in [0.05, 0.1) is 11.7 Å². The molecule has 0 bridgehead atoms. The summed E-state index contributed by atoms with van der Waals surface area (Å²) < 4.78 is 0. The van der Waals surface area contributed by atoms with Gasteiger partial charge in [-0.15, -0.1) is 0 Å². The van der Waals surface area contributed by atoms with E-state index in [1.165, 1.54) is 33.4 Å². The molecule has 0 saturated carbocycles. The number of anilines is 2. The fourth-order valence-electron chi connectivity index (χ4n) is 5.10. The molecule has 0 radical (unpaired) electrons. The van der Waals surface area contributed by atoms with Gasteiger partial charge in [0.25, 0.3) is 0 Å². The van der Waals surface area contributed by atoms with Crippen molar-refractivity contribution >= 4 is 56.8 Å². The maximum absolute atomic E-state index is 13.5. The second kappa shape index (κ2) is 9.64. The fourth-order valence-corrected chi connectivity index (χ4v) is 7.54. The van der Waals surface area contributed by atoms with Gasteiger partial charge in [0.15, 0.2) is 5.17 Å². The van der Waals surface area contributed by atoms with Crippen molar-refractivity contribution in [3.05, 3.63) is 102 Å². The van der Waals surface area contributed by atoms with Crippen molar-refractivity contribution in [3.8, 4) is 0 Å². The van der Waals surface area contributed by atoms with Crippen LogP contribution in [0, 0.1) is 5.92 Å². The summed E-state index contributed by atoms with van der Waals surface area (Å²) in [5, 5.41) is 0.443. The number of amidine groups is 1. The number of aryl methyl sites for hydroxylation is 1. The van der Waals surface area contributed by atoms with Gasteiger partial charge in [-0.25, -0.2) is 4.99 Å². The molecule has 2 aliphatic heterocycles. The van der Waals surface area contributed by atoms with Crippen molar-refractivity contribution < 1.29 is 9.59 Å². The molecule has 0 fully saturated rings. The monoisotopic (exact) mass is 511 g/mol. The standard InChI is InChI=1S/C29H25N3O2S2/c1-31-28(34)25-23-17-16-19-10-8-9-15-22(19)26(23)36-27(25)30-29(31)35-18-24(33)32(20-11-4-2-5-12-20)21-13-6-3-7-14-21/h2-15,25,27H,16-18H2,1H3/t25-,27+/m0/s1. The number of fused-ring (bicyclic) bond motifs is 4. The third-order valence-corrected chi connectivity index (χ3v) is 9.21. The van der Waals surface area contributed by atoms with E-state index in [0.29, 0.717) is 5.17 Å². The minimum atomic E-state index is -0.214. The highest BCUT2D eigenvalue weighted by Gasteiger charge is 2.47. The van der Waals surface area contributed by atoms with Gasteiger partial charge in [0.2, 0.25) is 11.8 Å². The van der Waals surface area contributed by atoms with Crippen molar-refractivity contribution in [1.29, 1.82) is 0 Å². The van der Waals surface area contributed by atoms with Crippen LogP contribution >= 0.6 is 23.5 Å². The summed E-state index contributed by atoms with van der Waals surface area (Å²) in [5.41, 5.74) is 5.44. The topological polar surface area (TPSA) is 53.0 Å². The molecule has 0 aromatic heterocycles. The van der Waals surface area contributed by atoms with Crippen LogP contribution in [0.3, 0.4) is 0 Å². The van der Waals surface area contributed by atoms with Crippen LogP contribution in [-0.4, -0.2) is 40.1 Å². The van der Waals surface area contributed by atoms with Gasteiger partial charge in [0, 0.05) is 23.3 Å². The van der Waals surface area contributed by atoms with Crippen LogP contribution < -0.4 is 4.90 Å². The second-order valence-electron chi connectivity index (χ2n) is 9.00. The summed E-state index contributed by atoms with van der Waals surface area (Å²) in [7, 11) is 1.78. The number of hydrogen-bond donors (Lipinski definition) is 0. The zero-order valence-corrected chi connectivity index (χ0v) is 21.5. The van der Waals surface area contributed by atoms with Crippen LogP contribution in [0.4, 0.5) is 11.4 Å². The highest BCUT2D eigenvalue weighted by molar-refractivity contribution is 8.14. The van der Waals surface area contributed by atoms with Crippen LogP contribution in [0.5, 0.6) is 0 Å². The van der Waals surface area contributed by atoms with E-state index in [4.69, 9.17) is 4.99 Å². The third-order valence-electron chi connectivity index (χ3n) is 6.84. The molecule has 36 heavy (non-hydrogen) atoms.